The topological polar surface area (TPSA) is 89.2 Å². The van der Waals surface area contributed by atoms with Crippen molar-refractivity contribution >= 4 is 34.8 Å². The number of amides is 1. The number of halogens is 1. The predicted molar refractivity (Wildman–Crippen MR) is 120 cm³/mol. The van der Waals surface area contributed by atoms with Crippen LogP contribution in [0.5, 0.6) is 0 Å². The van der Waals surface area contributed by atoms with Crippen LogP contribution in [-0.4, -0.2) is 28.7 Å². The van der Waals surface area contributed by atoms with Crippen molar-refractivity contribution < 1.29 is 9.59 Å². The molecule has 0 bridgehead atoms. The Morgan fingerprint density at radius 1 is 1.07 bits per heavy atom. The van der Waals surface area contributed by atoms with Crippen LogP contribution < -0.4 is 10.6 Å². The van der Waals surface area contributed by atoms with Gasteiger partial charge in [-0.05, 0) is 42.3 Å². The molecule has 2 aromatic heterocycles. The summed E-state index contributed by atoms with van der Waals surface area (Å²) in [6.07, 6.45) is 4.62. The zero-order valence-electron chi connectivity index (χ0n) is 16.9. The van der Waals surface area contributed by atoms with Crippen LogP contribution in [0.2, 0.25) is 5.02 Å². The maximum Gasteiger partial charge on any atom is 0.226 e. The highest BCUT2D eigenvalue weighted by molar-refractivity contribution is 6.34. The molecule has 3 rings (SSSR count). The minimum Gasteiger partial charge on any atom is -0.384 e. The van der Waals surface area contributed by atoms with E-state index >= 15 is 0 Å². The number of benzene rings is 1. The summed E-state index contributed by atoms with van der Waals surface area (Å²) in [6.45, 7) is 1.81. The highest BCUT2D eigenvalue weighted by atomic mass is 35.5. The van der Waals surface area contributed by atoms with E-state index in [2.05, 4.69) is 9.97 Å². The van der Waals surface area contributed by atoms with Gasteiger partial charge < -0.3 is 10.6 Å². The lowest BCUT2D eigenvalue weighted by atomic mass is 10.0. The average molecular weight is 423 g/mol. The molecule has 6 nitrogen and oxygen atoms in total. The van der Waals surface area contributed by atoms with E-state index in [1.165, 1.54) is 4.90 Å². The van der Waals surface area contributed by atoms with Crippen LogP contribution in [0.3, 0.4) is 0 Å². The van der Waals surface area contributed by atoms with Gasteiger partial charge in [0.1, 0.15) is 5.82 Å². The van der Waals surface area contributed by atoms with E-state index in [-0.39, 0.29) is 11.7 Å². The number of hydrogen-bond donors (Lipinski definition) is 1. The van der Waals surface area contributed by atoms with E-state index in [0.29, 0.717) is 47.0 Å². The first-order chi connectivity index (χ1) is 14.4. The molecule has 0 atom stereocenters. The number of Topliss-reactive ketones (excluding diaryl/α,β-unsaturated/α-hetero) is 1. The van der Waals surface area contributed by atoms with Gasteiger partial charge in [0, 0.05) is 43.4 Å². The molecule has 0 unspecified atom stereocenters. The number of rotatable bonds is 7. The van der Waals surface area contributed by atoms with Gasteiger partial charge in [-0.1, -0.05) is 30.7 Å². The molecule has 154 valence electrons. The van der Waals surface area contributed by atoms with Crippen molar-refractivity contribution in [3.8, 4) is 11.3 Å². The fraction of sp³-hybridized carbons (Fsp3) is 0.217. The van der Waals surface area contributed by atoms with E-state index in [1.807, 2.05) is 12.1 Å². The number of hydrogen-bond acceptors (Lipinski definition) is 5. The molecule has 0 aliphatic rings. The Labute approximate surface area is 180 Å². The highest BCUT2D eigenvalue weighted by Crippen LogP contribution is 2.30. The second kappa shape index (κ2) is 9.50. The first-order valence-corrected chi connectivity index (χ1v) is 10.0. The Balaban J connectivity index is 1.69. The molecule has 0 aliphatic heterocycles. The molecule has 1 amide bonds. The van der Waals surface area contributed by atoms with Gasteiger partial charge in [-0.25, -0.2) is 4.98 Å². The lowest BCUT2D eigenvalue weighted by Crippen LogP contribution is -2.25. The standard InChI is InChI=1S/C23H23ClN4O2/c1-3-23(30)28(2)20-9-7-16(12-18(20)24)19-8-6-17(14-26-19)21(29)10-4-15-5-11-22(25)27-13-15/h5-9,11-14H,3-4,10H2,1-2H3,(H2,25,27). The third kappa shape index (κ3) is 5.02. The molecule has 0 radical (unpaired) electrons. The number of ketones is 1. The molecule has 30 heavy (non-hydrogen) atoms. The third-order valence-electron chi connectivity index (χ3n) is 4.86. The Hall–Kier alpha value is -3.25. The summed E-state index contributed by atoms with van der Waals surface area (Å²) < 4.78 is 0. The van der Waals surface area contributed by atoms with Crippen molar-refractivity contribution in [2.75, 3.05) is 17.7 Å². The van der Waals surface area contributed by atoms with Crippen molar-refractivity contribution in [2.45, 2.75) is 26.2 Å². The number of nitrogens with two attached hydrogens (primary N) is 1. The molecule has 2 N–H and O–H groups in total. The number of nitrogens with zero attached hydrogens (tertiary/aromatic N) is 3. The molecule has 1 aromatic carbocycles. The van der Waals surface area contributed by atoms with Crippen molar-refractivity contribution in [3.63, 3.8) is 0 Å². The van der Waals surface area contributed by atoms with Gasteiger partial charge in [-0.3, -0.25) is 14.6 Å². The fourth-order valence-electron chi connectivity index (χ4n) is 3.03. The lowest BCUT2D eigenvalue weighted by Gasteiger charge is -2.18. The van der Waals surface area contributed by atoms with Crippen LogP contribution in [0.4, 0.5) is 11.5 Å². The van der Waals surface area contributed by atoms with Gasteiger partial charge in [0.2, 0.25) is 5.91 Å². The summed E-state index contributed by atoms with van der Waals surface area (Å²) in [6, 6.07) is 12.6. The van der Waals surface area contributed by atoms with E-state index in [0.717, 1.165) is 11.1 Å². The third-order valence-corrected chi connectivity index (χ3v) is 5.16. The molecule has 0 saturated heterocycles. The van der Waals surface area contributed by atoms with Gasteiger partial charge in [0.15, 0.2) is 5.78 Å². The molecule has 3 aromatic rings. The molecule has 0 spiro atoms. The fourth-order valence-corrected chi connectivity index (χ4v) is 3.33. The quantitative estimate of drug-likeness (QED) is 0.563. The Bertz CT molecular complexity index is 1050. The number of anilines is 2. The van der Waals surface area contributed by atoms with Gasteiger partial charge in [0.05, 0.1) is 16.4 Å². The summed E-state index contributed by atoms with van der Waals surface area (Å²) in [5.74, 6) is 0.459. The van der Waals surface area contributed by atoms with Crippen LogP contribution in [-0.2, 0) is 11.2 Å². The van der Waals surface area contributed by atoms with E-state index in [9.17, 15) is 9.59 Å². The number of carbonyl (C=O) groups is 2. The van der Waals surface area contributed by atoms with Crippen LogP contribution in [0, 0.1) is 0 Å². The number of aryl methyl sites for hydroxylation is 1. The molecule has 0 fully saturated rings. The number of pyridine rings is 2. The smallest absolute Gasteiger partial charge is 0.226 e. The van der Waals surface area contributed by atoms with Gasteiger partial charge in [0.25, 0.3) is 0 Å². The highest BCUT2D eigenvalue weighted by Gasteiger charge is 2.14. The van der Waals surface area contributed by atoms with Crippen molar-refractivity contribution in [3.05, 3.63) is 71.0 Å². The van der Waals surface area contributed by atoms with E-state index in [1.54, 1.807) is 56.7 Å². The van der Waals surface area contributed by atoms with E-state index in [4.69, 9.17) is 17.3 Å². The van der Waals surface area contributed by atoms with Crippen LogP contribution in [0.1, 0.15) is 35.7 Å². The van der Waals surface area contributed by atoms with E-state index < -0.39 is 0 Å². The Kier molecular flexibility index (Phi) is 6.79. The normalized spacial score (nSPS) is 10.6. The summed E-state index contributed by atoms with van der Waals surface area (Å²) in [7, 11) is 1.70. The second-order valence-electron chi connectivity index (χ2n) is 6.92. The molecular formula is C23H23ClN4O2. The maximum absolute atomic E-state index is 12.5. The monoisotopic (exact) mass is 422 g/mol. The van der Waals surface area contributed by atoms with Crippen LogP contribution in [0.15, 0.2) is 54.9 Å². The minimum atomic E-state index is -0.0135. The maximum atomic E-state index is 12.5. The lowest BCUT2D eigenvalue weighted by molar-refractivity contribution is -0.118. The van der Waals surface area contributed by atoms with Crippen molar-refractivity contribution in [2.24, 2.45) is 0 Å². The van der Waals surface area contributed by atoms with Gasteiger partial charge in [-0.2, -0.15) is 0 Å². The van der Waals surface area contributed by atoms with Crippen molar-refractivity contribution in [1.82, 2.24) is 9.97 Å². The summed E-state index contributed by atoms with van der Waals surface area (Å²) in [5, 5.41) is 0.468. The summed E-state index contributed by atoms with van der Waals surface area (Å²) in [4.78, 5) is 34.3. The average Bonchev–Trinajstić information content (AvgIpc) is 2.77. The minimum absolute atomic E-state index is 0.0129. The first kappa shape index (κ1) is 21.5. The SMILES string of the molecule is CCC(=O)N(C)c1ccc(-c2ccc(C(=O)CCc3ccc(N)nc3)cn2)cc1Cl. The van der Waals surface area contributed by atoms with Gasteiger partial charge in [-0.15, -0.1) is 0 Å². The summed E-state index contributed by atoms with van der Waals surface area (Å²) >= 11 is 6.38. The van der Waals surface area contributed by atoms with Crippen LogP contribution >= 0.6 is 11.6 Å². The number of carbonyl (C=O) groups excluding carboxylic acids is 2. The van der Waals surface area contributed by atoms with Crippen LogP contribution in [0.25, 0.3) is 11.3 Å². The predicted octanol–water partition coefficient (Wildman–Crippen LogP) is 4.57. The number of nitrogen functional groups attached to an aromatic ring is 1. The Morgan fingerprint density at radius 2 is 1.87 bits per heavy atom. The zero-order chi connectivity index (χ0) is 21.7. The Morgan fingerprint density at radius 3 is 2.47 bits per heavy atom. The van der Waals surface area contributed by atoms with Crippen molar-refractivity contribution in [1.29, 1.82) is 0 Å². The molecule has 2 heterocycles. The largest absolute Gasteiger partial charge is 0.384 e. The second-order valence-corrected chi connectivity index (χ2v) is 7.33. The number of aromatic nitrogens is 2. The molecule has 0 saturated carbocycles. The molecule has 0 aliphatic carbocycles. The zero-order valence-corrected chi connectivity index (χ0v) is 17.7. The first-order valence-electron chi connectivity index (χ1n) is 9.65. The summed E-state index contributed by atoms with van der Waals surface area (Å²) in [5.41, 5.74) is 9.25. The molecular weight excluding hydrogens is 400 g/mol. The molecule has 7 heteroatoms. The van der Waals surface area contributed by atoms with Gasteiger partial charge >= 0.3 is 0 Å².